The zero-order valence-electron chi connectivity index (χ0n) is 16.4. The second-order valence-electron chi connectivity index (χ2n) is 7.04. The second-order valence-corrected chi connectivity index (χ2v) is 9.09. The zero-order chi connectivity index (χ0) is 21.0. The fourth-order valence-corrected chi connectivity index (χ4v) is 4.33. The zero-order valence-corrected chi connectivity index (χ0v) is 17.2. The van der Waals surface area contributed by atoms with Crippen molar-refractivity contribution in [1.82, 2.24) is 14.4 Å². The van der Waals surface area contributed by atoms with Gasteiger partial charge in [0.2, 0.25) is 21.8 Å². The maximum absolute atomic E-state index is 12.6. The molecule has 1 fully saturated rings. The Morgan fingerprint density at radius 1 is 1.24 bits per heavy atom. The molecule has 0 saturated carbocycles. The highest BCUT2D eigenvalue weighted by Crippen LogP contribution is 2.20. The van der Waals surface area contributed by atoms with E-state index in [0.29, 0.717) is 37.5 Å². The average molecular weight is 420 g/mol. The number of hydrogen-bond acceptors (Lipinski definition) is 6. The van der Waals surface area contributed by atoms with Crippen molar-refractivity contribution in [1.29, 1.82) is 0 Å². The van der Waals surface area contributed by atoms with Crippen molar-refractivity contribution < 1.29 is 22.5 Å². The van der Waals surface area contributed by atoms with E-state index in [1.54, 1.807) is 36.1 Å². The van der Waals surface area contributed by atoms with Gasteiger partial charge in [-0.1, -0.05) is 23.4 Å². The van der Waals surface area contributed by atoms with Gasteiger partial charge in [-0.3, -0.25) is 9.59 Å². The molecule has 0 aliphatic carbocycles. The van der Waals surface area contributed by atoms with Crippen LogP contribution >= 0.6 is 0 Å². The van der Waals surface area contributed by atoms with E-state index in [0.717, 1.165) is 4.31 Å². The number of carbonyl (C=O) groups is 2. The predicted molar refractivity (Wildman–Crippen MR) is 105 cm³/mol. The van der Waals surface area contributed by atoms with Crippen molar-refractivity contribution in [3.05, 3.63) is 42.2 Å². The van der Waals surface area contributed by atoms with E-state index in [1.165, 1.54) is 19.2 Å². The number of sulfonamides is 1. The van der Waals surface area contributed by atoms with E-state index in [9.17, 15) is 18.0 Å². The average Bonchev–Trinajstić information content (AvgIpc) is 3.13. The van der Waals surface area contributed by atoms with Gasteiger partial charge in [-0.05, 0) is 31.9 Å². The van der Waals surface area contributed by atoms with Crippen molar-refractivity contribution in [3.63, 3.8) is 0 Å². The highest BCUT2D eigenvalue weighted by atomic mass is 32.2. The molecule has 2 amide bonds. The quantitative estimate of drug-likeness (QED) is 0.757. The monoisotopic (exact) mass is 420 g/mol. The van der Waals surface area contributed by atoms with Crippen molar-refractivity contribution in [2.24, 2.45) is 5.92 Å². The van der Waals surface area contributed by atoms with Crippen molar-refractivity contribution >= 4 is 27.7 Å². The normalized spacial score (nSPS) is 15.5. The minimum atomic E-state index is -3.72. The van der Waals surface area contributed by atoms with Gasteiger partial charge >= 0.3 is 0 Å². The molecule has 0 unspecified atom stereocenters. The summed E-state index contributed by atoms with van der Waals surface area (Å²) in [7, 11) is -2.33. The molecule has 1 aromatic heterocycles. The number of likely N-dealkylation sites (N-methyl/N-ethyl adjacent to an activating group) is 1. The Labute approximate surface area is 169 Å². The summed E-state index contributed by atoms with van der Waals surface area (Å²) in [6.45, 7) is 2.29. The van der Waals surface area contributed by atoms with E-state index in [1.807, 2.05) is 0 Å². The first-order valence-corrected chi connectivity index (χ1v) is 10.7. The molecule has 2 aromatic rings. The number of benzene rings is 1. The minimum Gasteiger partial charge on any atom is -0.360 e. The van der Waals surface area contributed by atoms with Gasteiger partial charge in [0.05, 0.1) is 11.4 Å². The number of rotatable bonds is 6. The molecule has 9 nitrogen and oxygen atoms in total. The molecule has 0 atom stereocenters. The lowest BCUT2D eigenvalue weighted by Gasteiger charge is -2.32. The number of anilines is 1. The van der Waals surface area contributed by atoms with Crippen molar-refractivity contribution in [2.45, 2.75) is 24.7 Å². The fourth-order valence-electron chi connectivity index (χ4n) is 3.19. The van der Waals surface area contributed by atoms with Crippen molar-refractivity contribution in [2.75, 3.05) is 32.0 Å². The molecule has 0 spiro atoms. The molecule has 156 valence electrons. The summed E-state index contributed by atoms with van der Waals surface area (Å²) < 4.78 is 31.1. The van der Waals surface area contributed by atoms with Crippen LogP contribution in [0.5, 0.6) is 0 Å². The predicted octanol–water partition coefficient (Wildman–Crippen LogP) is 1.48. The molecule has 0 radical (unpaired) electrons. The minimum absolute atomic E-state index is 0.147. The van der Waals surface area contributed by atoms with E-state index < -0.39 is 10.0 Å². The number of hydrogen-bond donors (Lipinski definition) is 1. The maximum Gasteiger partial charge on any atom is 0.243 e. The van der Waals surface area contributed by atoms with Gasteiger partial charge in [0.1, 0.15) is 5.76 Å². The highest BCUT2D eigenvalue weighted by Gasteiger charge is 2.30. The van der Waals surface area contributed by atoms with Gasteiger partial charge in [0, 0.05) is 32.1 Å². The molecule has 1 saturated heterocycles. The van der Waals surface area contributed by atoms with Gasteiger partial charge < -0.3 is 14.7 Å². The summed E-state index contributed by atoms with van der Waals surface area (Å²) in [4.78, 5) is 26.6. The van der Waals surface area contributed by atoms with Gasteiger partial charge in [-0.15, -0.1) is 0 Å². The highest BCUT2D eigenvalue weighted by molar-refractivity contribution is 7.89. The number of likely N-dealkylation sites (tertiary alicyclic amines) is 1. The molecule has 1 aromatic carbocycles. The van der Waals surface area contributed by atoms with Gasteiger partial charge in [0.25, 0.3) is 0 Å². The Balaban J connectivity index is 1.51. The summed E-state index contributed by atoms with van der Waals surface area (Å²) >= 11 is 0. The maximum atomic E-state index is 12.6. The van der Waals surface area contributed by atoms with Gasteiger partial charge in [-0.25, -0.2) is 8.42 Å². The Bertz CT molecular complexity index is 965. The topological polar surface area (TPSA) is 113 Å². The number of aryl methyl sites for hydroxylation is 1. The van der Waals surface area contributed by atoms with Crippen LogP contribution in [0.4, 0.5) is 5.82 Å². The largest absolute Gasteiger partial charge is 0.360 e. The molecule has 2 heterocycles. The summed E-state index contributed by atoms with van der Waals surface area (Å²) in [6, 6.07) is 9.64. The number of amides is 2. The van der Waals surface area contributed by atoms with Crippen LogP contribution in [0, 0.1) is 12.8 Å². The number of piperidine rings is 1. The number of nitrogens with one attached hydrogen (secondary N) is 1. The molecule has 1 aliphatic rings. The molecular formula is C19H24N4O5S. The van der Waals surface area contributed by atoms with Crippen LogP contribution in [0.3, 0.4) is 0 Å². The van der Waals surface area contributed by atoms with Crippen LogP contribution in [0.25, 0.3) is 0 Å². The second kappa shape index (κ2) is 8.75. The Morgan fingerprint density at radius 3 is 2.48 bits per heavy atom. The van der Waals surface area contributed by atoms with E-state index in [4.69, 9.17) is 4.52 Å². The van der Waals surface area contributed by atoms with E-state index >= 15 is 0 Å². The van der Waals surface area contributed by atoms with Crippen LogP contribution in [0.15, 0.2) is 45.8 Å². The number of carbonyl (C=O) groups excluding carboxylic acids is 2. The Kier molecular flexibility index (Phi) is 6.33. The molecule has 3 rings (SSSR count). The Morgan fingerprint density at radius 2 is 1.90 bits per heavy atom. The third-order valence-corrected chi connectivity index (χ3v) is 6.72. The van der Waals surface area contributed by atoms with Gasteiger partial charge in [-0.2, -0.15) is 4.31 Å². The first-order valence-electron chi connectivity index (χ1n) is 9.30. The van der Waals surface area contributed by atoms with Crippen LogP contribution in [0.1, 0.15) is 18.6 Å². The molecule has 29 heavy (non-hydrogen) atoms. The molecule has 1 N–H and O–H groups in total. The standard InChI is InChI=1S/C19H24N4O5S/c1-14-12-17(21-28-14)20-19(25)15-8-10-23(11-9-15)18(24)13-22(2)29(26,27)16-6-4-3-5-7-16/h3-7,12,15H,8-11,13H2,1-2H3,(H,20,21,25). The van der Waals surface area contributed by atoms with Gasteiger partial charge in [0.15, 0.2) is 5.82 Å². The molecule has 0 bridgehead atoms. The lowest BCUT2D eigenvalue weighted by molar-refractivity contribution is -0.134. The Hall–Kier alpha value is -2.72. The van der Waals surface area contributed by atoms with E-state index in [-0.39, 0.29) is 29.2 Å². The van der Waals surface area contributed by atoms with Crippen LogP contribution < -0.4 is 5.32 Å². The lowest BCUT2D eigenvalue weighted by atomic mass is 9.96. The molecule has 10 heteroatoms. The summed E-state index contributed by atoms with van der Waals surface area (Å²) in [6.07, 6.45) is 1.01. The number of nitrogens with zero attached hydrogens (tertiary/aromatic N) is 3. The first-order chi connectivity index (χ1) is 13.8. The summed E-state index contributed by atoms with van der Waals surface area (Å²) in [5, 5.41) is 6.45. The SMILES string of the molecule is Cc1cc(NC(=O)C2CCN(C(=O)CN(C)S(=O)(=O)c3ccccc3)CC2)no1. The van der Waals surface area contributed by atoms with Crippen LogP contribution in [-0.2, 0) is 19.6 Å². The third kappa shape index (κ3) is 5.01. The number of aromatic nitrogens is 1. The fraction of sp³-hybridized carbons (Fsp3) is 0.421. The van der Waals surface area contributed by atoms with Crippen LogP contribution in [0.2, 0.25) is 0 Å². The van der Waals surface area contributed by atoms with Crippen LogP contribution in [-0.4, -0.2) is 61.3 Å². The summed E-state index contributed by atoms with van der Waals surface area (Å²) in [5.41, 5.74) is 0. The first kappa shape index (κ1) is 21.0. The molecule has 1 aliphatic heterocycles. The van der Waals surface area contributed by atoms with Crippen molar-refractivity contribution in [3.8, 4) is 0 Å². The van der Waals surface area contributed by atoms with E-state index in [2.05, 4.69) is 10.5 Å². The molecular weight excluding hydrogens is 396 g/mol. The summed E-state index contributed by atoms with van der Waals surface area (Å²) in [5.74, 6) is 0.308. The third-order valence-electron chi connectivity index (χ3n) is 4.91. The lowest BCUT2D eigenvalue weighted by Crippen LogP contribution is -2.46. The smallest absolute Gasteiger partial charge is 0.243 e.